The first-order valence-corrected chi connectivity index (χ1v) is 9.32. The number of benzene rings is 2. The molecule has 2 aromatic carbocycles. The van der Waals surface area contributed by atoms with Gasteiger partial charge in [0.05, 0.1) is 12.3 Å². The van der Waals surface area contributed by atoms with E-state index in [9.17, 15) is 9.18 Å². The molecule has 0 spiro atoms. The highest BCUT2D eigenvalue weighted by atomic mass is 19.1. The first-order chi connectivity index (χ1) is 14.7. The lowest BCUT2D eigenvalue weighted by Gasteiger charge is -2.28. The van der Waals surface area contributed by atoms with E-state index in [2.05, 4.69) is 31.0 Å². The molecule has 2 N–H and O–H groups in total. The highest BCUT2D eigenvalue weighted by Crippen LogP contribution is 2.41. The van der Waals surface area contributed by atoms with Crippen LogP contribution in [0.1, 0.15) is 24.1 Å². The van der Waals surface area contributed by atoms with Crippen LogP contribution in [0.5, 0.6) is 5.75 Å². The summed E-state index contributed by atoms with van der Waals surface area (Å²) in [7, 11) is 0. The van der Waals surface area contributed by atoms with Crippen molar-refractivity contribution >= 4 is 11.6 Å². The summed E-state index contributed by atoms with van der Waals surface area (Å²) in [6.45, 7) is 2.45. The molecule has 30 heavy (non-hydrogen) atoms. The average molecular weight is 405 g/mol. The quantitative estimate of drug-likeness (QED) is 0.473. The molecule has 5 rings (SSSR count). The zero-order valence-corrected chi connectivity index (χ0v) is 15.8. The van der Waals surface area contributed by atoms with Crippen LogP contribution in [0.2, 0.25) is 0 Å². The number of anilines is 2. The second kappa shape index (κ2) is 7.07. The van der Waals surface area contributed by atoms with Crippen molar-refractivity contribution in [3.63, 3.8) is 0 Å². The van der Waals surface area contributed by atoms with Crippen molar-refractivity contribution in [2.45, 2.75) is 13.0 Å². The number of halogens is 1. The number of aromatic amines is 1. The minimum atomic E-state index is -0.774. The van der Waals surface area contributed by atoms with Crippen LogP contribution in [0.25, 0.3) is 11.3 Å². The SMILES string of the molecule is CCOc1ccc(-c2n[nH]c(=O)c3c2[C@@H](c2ccccc2F)n2nnnc2N3)cc1. The molecule has 1 aliphatic rings. The molecule has 10 heteroatoms. The molecule has 1 atom stereocenters. The third-order valence-corrected chi connectivity index (χ3v) is 4.91. The smallest absolute Gasteiger partial charge is 0.288 e. The van der Waals surface area contributed by atoms with E-state index in [1.54, 1.807) is 18.2 Å². The Morgan fingerprint density at radius 1 is 1.17 bits per heavy atom. The highest BCUT2D eigenvalue weighted by Gasteiger charge is 2.35. The zero-order valence-electron chi connectivity index (χ0n) is 15.8. The number of rotatable bonds is 4. The summed E-state index contributed by atoms with van der Waals surface area (Å²) in [6.07, 6.45) is 0. The Balaban J connectivity index is 1.76. The van der Waals surface area contributed by atoms with Gasteiger partial charge in [-0.3, -0.25) is 4.79 Å². The van der Waals surface area contributed by atoms with Gasteiger partial charge in [-0.2, -0.15) is 9.78 Å². The minimum absolute atomic E-state index is 0.226. The maximum Gasteiger partial charge on any atom is 0.288 e. The molecule has 9 nitrogen and oxygen atoms in total. The summed E-state index contributed by atoms with van der Waals surface area (Å²) in [4.78, 5) is 12.6. The summed E-state index contributed by atoms with van der Waals surface area (Å²) in [5, 5.41) is 21.4. The van der Waals surface area contributed by atoms with Gasteiger partial charge in [-0.15, -0.1) is 0 Å². The molecule has 0 saturated carbocycles. The fourth-order valence-corrected chi connectivity index (χ4v) is 3.62. The second-order valence-corrected chi connectivity index (χ2v) is 6.64. The van der Waals surface area contributed by atoms with Crippen molar-refractivity contribution in [3.05, 3.63) is 75.8 Å². The lowest BCUT2D eigenvalue weighted by molar-refractivity contribution is 0.340. The fourth-order valence-electron chi connectivity index (χ4n) is 3.62. The predicted molar refractivity (Wildman–Crippen MR) is 106 cm³/mol. The van der Waals surface area contributed by atoms with E-state index in [-0.39, 0.29) is 11.6 Å². The van der Waals surface area contributed by atoms with Crippen molar-refractivity contribution in [2.24, 2.45) is 0 Å². The summed E-state index contributed by atoms with van der Waals surface area (Å²) >= 11 is 0. The van der Waals surface area contributed by atoms with Crippen LogP contribution >= 0.6 is 0 Å². The van der Waals surface area contributed by atoms with Crippen LogP contribution in [-0.2, 0) is 0 Å². The second-order valence-electron chi connectivity index (χ2n) is 6.64. The van der Waals surface area contributed by atoms with Crippen molar-refractivity contribution in [1.82, 2.24) is 30.4 Å². The minimum Gasteiger partial charge on any atom is -0.494 e. The van der Waals surface area contributed by atoms with Gasteiger partial charge >= 0.3 is 0 Å². The van der Waals surface area contributed by atoms with Gasteiger partial charge in [0, 0.05) is 16.7 Å². The average Bonchev–Trinajstić information content (AvgIpc) is 3.23. The summed E-state index contributed by atoms with van der Waals surface area (Å²) in [6, 6.07) is 12.8. The maximum atomic E-state index is 14.8. The third-order valence-electron chi connectivity index (χ3n) is 4.91. The Morgan fingerprint density at radius 3 is 2.73 bits per heavy atom. The van der Waals surface area contributed by atoms with Crippen molar-refractivity contribution in [3.8, 4) is 17.0 Å². The highest BCUT2D eigenvalue weighted by molar-refractivity contribution is 5.75. The largest absolute Gasteiger partial charge is 0.494 e. The Bertz CT molecular complexity index is 1280. The Labute approximate surface area is 169 Å². The predicted octanol–water partition coefficient (Wildman–Crippen LogP) is 2.66. The Kier molecular flexibility index (Phi) is 4.24. The van der Waals surface area contributed by atoms with E-state index >= 15 is 0 Å². The van der Waals surface area contributed by atoms with Gasteiger partial charge in [-0.05, 0) is 47.7 Å². The molecule has 0 saturated heterocycles. The molecule has 0 aliphatic carbocycles. The number of nitrogens with zero attached hydrogens (tertiary/aromatic N) is 5. The number of tetrazole rings is 1. The molecular weight excluding hydrogens is 389 g/mol. The molecule has 1 aliphatic heterocycles. The van der Waals surface area contributed by atoms with E-state index in [0.717, 1.165) is 5.56 Å². The van der Waals surface area contributed by atoms with Gasteiger partial charge in [0.1, 0.15) is 23.3 Å². The Hall–Kier alpha value is -4.08. The first kappa shape index (κ1) is 18.0. The van der Waals surface area contributed by atoms with Crippen LogP contribution in [0.3, 0.4) is 0 Å². The van der Waals surface area contributed by atoms with E-state index < -0.39 is 17.4 Å². The molecule has 3 heterocycles. The normalized spacial score (nSPS) is 14.5. The zero-order chi connectivity index (χ0) is 20.7. The molecule has 0 amide bonds. The number of hydrogen-bond acceptors (Lipinski definition) is 7. The van der Waals surface area contributed by atoms with E-state index in [1.165, 1.54) is 10.7 Å². The van der Waals surface area contributed by atoms with Gasteiger partial charge in [-0.1, -0.05) is 23.3 Å². The Morgan fingerprint density at radius 2 is 1.97 bits per heavy atom. The van der Waals surface area contributed by atoms with Gasteiger partial charge in [-0.25, -0.2) is 9.49 Å². The fraction of sp³-hybridized carbons (Fsp3) is 0.150. The van der Waals surface area contributed by atoms with Crippen LogP contribution in [0.15, 0.2) is 53.3 Å². The summed E-state index contributed by atoms with van der Waals surface area (Å²) < 4.78 is 21.8. The molecular formula is C20H16FN7O2. The molecule has 2 aromatic heterocycles. The lowest BCUT2D eigenvalue weighted by Crippen LogP contribution is -2.29. The van der Waals surface area contributed by atoms with Gasteiger partial charge < -0.3 is 10.1 Å². The number of aromatic nitrogens is 6. The third kappa shape index (κ3) is 2.81. The molecule has 0 bridgehead atoms. The van der Waals surface area contributed by atoms with Crippen molar-refractivity contribution in [1.29, 1.82) is 0 Å². The maximum absolute atomic E-state index is 14.8. The number of H-pyrrole nitrogens is 1. The van der Waals surface area contributed by atoms with Crippen molar-refractivity contribution in [2.75, 3.05) is 11.9 Å². The van der Waals surface area contributed by atoms with Crippen molar-refractivity contribution < 1.29 is 9.13 Å². The van der Waals surface area contributed by atoms with E-state index in [1.807, 2.05) is 31.2 Å². The van der Waals surface area contributed by atoms with Crippen LogP contribution < -0.4 is 15.6 Å². The van der Waals surface area contributed by atoms with Gasteiger partial charge in [0.15, 0.2) is 0 Å². The lowest BCUT2D eigenvalue weighted by atomic mass is 9.92. The van der Waals surface area contributed by atoms with Crippen LogP contribution in [0, 0.1) is 5.82 Å². The van der Waals surface area contributed by atoms with Gasteiger partial charge in [0.25, 0.3) is 5.56 Å². The summed E-state index contributed by atoms with van der Waals surface area (Å²) in [5.41, 5.74) is 1.79. The first-order valence-electron chi connectivity index (χ1n) is 9.32. The molecule has 4 aromatic rings. The molecule has 0 unspecified atom stereocenters. The number of nitrogens with one attached hydrogen (secondary N) is 2. The van der Waals surface area contributed by atoms with Crippen LogP contribution in [0.4, 0.5) is 16.0 Å². The number of fused-ring (bicyclic) bond motifs is 2. The molecule has 150 valence electrons. The topological polar surface area (TPSA) is 111 Å². The summed E-state index contributed by atoms with van der Waals surface area (Å²) in [5.74, 6) is 0.519. The number of hydrogen-bond donors (Lipinski definition) is 2. The molecule has 0 radical (unpaired) electrons. The monoisotopic (exact) mass is 405 g/mol. The van der Waals surface area contributed by atoms with E-state index in [4.69, 9.17) is 4.74 Å². The van der Waals surface area contributed by atoms with Gasteiger partial charge in [0.2, 0.25) is 5.95 Å². The number of ether oxygens (including phenoxy) is 1. The molecule has 0 fully saturated rings. The standard InChI is InChI=1S/C20H16FN7O2/c1-2-30-12-9-7-11(8-10-12)16-15-17(19(29)24-23-16)22-20-25-26-27-28(20)18(15)13-5-3-4-6-14(13)21/h3-10,18H,2H2,1H3,(H,24,29)(H,22,25,27)/t18-/m1/s1. The van der Waals surface area contributed by atoms with E-state index in [0.29, 0.717) is 29.2 Å². The van der Waals surface area contributed by atoms with Crippen LogP contribution in [-0.4, -0.2) is 37.0 Å².